The molecular weight excluding hydrogens is 434 g/mol. The van der Waals surface area contributed by atoms with Crippen molar-refractivity contribution in [1.29, 1.82) is 0 Å². The molecule has 0 aromatic carbocycles. The summed E-state index contributed by atoms with van der Waals surface area (Å²) in [5.74, 6) is -0.176. The van der Waals surface area contributed by atoms with Crippen molar-refractivity contribution in [3.8, 4) is 0 Å². The highest BCUT2D eigenvalue weighted by Gasteiger charge is 2.56. The maximum absolute atomic E-state index is 13.4. The van der Waals surface area contributed by atoms with Crippen molar-refractivity contribution < 1.29 is 27.2 Å². The molecule has 3 heterocycles. The summed E-state index contributed by atoms with van der Waals surface area (Å²) < 4.78 is 29.4. The number of urea groups is 1. The summed E-state index contributed by atoms with van der Waals surface area (Å²) in [4.78, 5) is 41.9. The number of sulfone groups is 1. The van der Waals surface area contributed by atoms with Gasteiger partial charge in [-0.1, -0.05) is 20.8 Å². The van der Waals surface area contributed by atoms with Crippen molar-refractivity contribution in [3.63, 3.8) is 0 Å². The standard InChI is InChI=1S/C22H31N3O6S/c1-15-9-21(2,3)14-22(10-15)19(27)25(20(28)23-22)12-18(26)24(11-17-5-4-7-31-17)16-6-8-32(29,30)13-16/h4-5,7,15-16H,6,8-14H2,1-3H3,(H,23,28)/t15-,16+,22-/m1/s1. The Hall–Kier alpha value is -2.36. The van der Waals surface area contributed by atoms with Gasteiger partial charge in [0.1, 0.15) is 17.8 Å². The van der Waals surface area contributed by atoms with E-state index >= 15 is 0 Å². The fraction of sp³-hybridized carbons (Fsp3) is 0.682. The third kappa shape index (κ3) is 4.42. The molecule has 9 nitrogen and oxygen atoms in total. The summed E-state index contributed by atoms with van der Waals surface area (Å²) in [5.41, 5.74) is -1.09. The van der Waals surface area contributed by atoms with Crippen LogP contribution in [0.4, 0.5) is 4.79 Å². The molecule has 1 saturated carbocycles. The van der Waals surface area contributed by atoms with Gasteiger partial charge < -0.3 is 14.6 Å². The average Bonchev–Trinajstić information content (AvgIpc) is 3.34. The first-order valence-corrected chi connectivity index (χ1v) is 12.9. The van der Waals surface area contributed by atoms with Gasteiger partial charge in [-0.3, -0.25) is 14.5 Å². The van der Waals surface area contributed by atoms with Crippen LogP contribution in [0.3, 0.4) is 0 Å². The van der Waals surface area contributed by atoms with E-state index in [4.69, 9.17) is 4.42 Å². The van der Waals surface area contributed by atoms with Gasteiger partial charge in [-0.25, -0.2) is 13.2 Å². The van der Waals surface area contributed by atoms with Crippen molar-refractivity contribution in [2.75, 3.05) is 18.1 Å². The highest BCUT2D eigenvalue weighted by atomic mass is 32.2. The third-order valence-electron chi connectivity index (χ3n) is 6.79. The van der Waals surface area contributed by atoms with Crippen LogP contribution in [0.25, 0.3) is 0 Å². The number of rotatable bonds is 5. The maximum atomic E-state index is 13.4. The number of hydrogen-bond acceptors (Lipinski definition) is 6. The average molecular weight is 466 g/mol. The smallest absolute Gasteiger partial charge is 0.325 e. The van der Waals surface area contributed by atoms with Gasteiger partial charge in [0.2, 0.25) is 5.91 Å². The molecule has 0 unspecified atom stereocenters. The first kappa shape index (κ1) is 22.8. The highest BCUT2D eigenvalue weighted by Crippen LogP contribution is 2.46. The molecule has 2 saturated heterocycles. The van der Waals surface area contributed by atoms with E-state index < -0.39 is 39.9 Å². The summed E-state index contributed by atoms with van der Waals surface area (Å²) in [6.07, 6.45) is 3.84. The summed E-state index contributed by atoms with van der Waals surface area (Å²) >= 11 is 0. The normalized spacial score (nSPS) is 31.2. The van der Waals surface area contributed by atoms with Crippen LogP contribution in [0.2, 0.25) is 0 Å². The van der Waals surface area contributed by atoms with E-state index in [1.54, 1.807) is 12.1 Å². The van der Waals surface area contributed by atoms with Gasteiger partial charge in [0.15, 0.2) is 9.84 Å². The van der Waals surface area contributed by atoms with Gasteiger partial charge in [-0.05, 0) is 49.1 Å². The van der Waals surface area contributed by atoms with E-state index in [0.717, 1.165) is 11.3 Å². The molecule has 2 aliphatic heterocycles. The molecular formula is C22H31N3O6S. The fourth-order valence-electron chi connectivity index (χ4n) is 5.89. The highest BCUT2D eigenvalue weighted by molar-refractivity contribution is 7.91. The number of carbonyl (C=O) groups is 3. The Bertz CT molecular complexity index is 1020. The van der Waals surface area contributed by atoms with Crippen molar-refractivity contribution in [2.24, 2.45) is 11.3 Å². The minimum absolute atomic E-state index is 0.0127. The summed E-state index contributed by atoms with van der Waals surface area (Å²) in [6.45, 7) is 5.91. The second-order valence-electron chi connectivity index (χ2n) is 10.4. The second kappa shape index (κ2) is 7.90. The molecule has 3 aliphatic rings. The van der Waals surface area contributed by atoms with Crippen molar-refractivity contribution >= 4 is 27.7 Å². The molecule has 4 amide bonds. The molecule has 1 aromatic heterocycles. The molecule has 1 N–H and O–H groups in total. The first-order chi connectivity index (χ1) is 14.9. The fourth-order valence-corrected chi connectivity index (χ4v) is 7.62. The van der Waals surface area contributed by atoms with Crippen molar-refractivity contribution in [1.82, 2.24) is 15.1 Å². The lowest BCUT2D eigenvalue weighted by Crippen LogP contribution is -2.54. The monoisotopic (exact) mass is 465 g/mol. The van der Waals surface area contributed by atoms with Crippen LogP contribution >= 0.6 is 0 Å². The van der Waals surface area contributed by atoms with Crippen LogP contribution in [0, 0.1) is 11.3 Å². The zero-order valence-electron chi connectivity index (χ0n) is 18.8. The minimum atomic E-state index is -3.23. The number of furan rings is 1. The lowest BCUT2D eigenvalue weighted by molar-refractivity contribution is -0.142. The SMILES string of the molecule is C[C@@H]1CC(C)(C)C[C@@]2(C1)NC(=O)N(CC(=O)N(Cc1ccco1)[C@H]1CCS(=O)(=O)C1)C2=O. The van der Waals surface area contributed by atoms with Gasteiger partial charge in [0.05, 0.1) is 24.3 Å². The second-order valence-corrected chi connectivity index (χ2v) is 12.6. The van der Waals surface area contributed by atoms with Gasteiger partial charge in [0, 0.05) is 6.04 Å². The molecule has 0 radical (unpaired) electrons. The zero-order chi connectivity index (χ0) is 23.3. The van der Waals surface area contributed by atoms with E-state index in [1.165, 1.54) is 11.2 Å². The van der Waals surface area contributed by atoms with E-state index in [-0.39, 0.29) is 35.3 Å². The summed E-state index contributed by atoms with van der Waals surface area (Å²) in [6, 6.07) is 2.32. The molecule has 4 rings (SSSR count). The van der Waals surface area contributed by atoms with E-state index in [0.29, 0.717) is 25.0 Å². The quantitative estimate of drug-likeness (QED) is 0.664. The number of nitrogens with zero attached hydrogens (tertiary/aromatic N) is 2. The van der Waals surface area contributed by atoms with Gasteiger partial charge in [-0.15, -0.1) is 0 Å². The van der Waals surface area contributed by atoms with Gasteiger partial charge in [0.25, 0.3) is 5.91 Å². The minimum Gasteiger partial charge on any atom is -0.467 e. The summed E-state index contributed by atoms with van der Waals surface area (Å²) in [5, 5.41) is 2.88. The van der Waals surface area contributed by atoms with Crippen LogP contribution in [0.15, 0.2) is 22.8 Å². The van der Waals surface area contributed by atoms with Crippen LogP contribution in [0.1, 0.15) is 52.2 Å². The Kier molecular flexibility index (Phi) is 5.63. The van der Waals surface area contributed by atoms with Crippen LogP contribution in [0.5, 0.6) is 0 Å². The maximum Gasteiger partial charge on any atom is 0.325 e. The predicted octanol–water partition coefficient (Wildman–Crippen LogP) is 1.93. The zero-order valence-corrected chi connectivity index (χ0v) is 19.6. The third-order valence-corrected chi connectivity index (χ3v) is 8.54. The number of carbonyl (C=O) groups excluding carboxylic acids is 3. The number of nitrogens with one attached hydrogen (secondary N) is 1. The molecule has 176 valence electrons. The summed E-state index contributed by atoms with van der Waals surface area (Å²) in [7, 11) is -3.23. The predicted molar refractivity (Wildman–Crippen MR) is 116 cm³/mol. The molecule has 0 bridgehead atoms. The Labute approximate surface area is 188 Å². The number of amides is 4. The van der Waals surface area contributed by atoms with Gasteiger partial charge in [-0.2, -0.15) is 0 Å². The molecule has 1 spiro atoms. The Morgan fingerprint density at radius 3 is 2.66 bits per heavy atom. The van der Waals surface area contributed by atoms with Gasteiger partial charge >= 0.3 is 6.03 Å². The number of imide groups is 1. The van der Waals surface area contributed by atoms with Crippen LogP contribution in [-0.2, 0) is 26.0 Å². The largest absolute Gasteiger partial charge is 0.467 e. The molecule has 3 fully saturated rings. The van der Waals surface area contributed by atoms with E-state index in [2.05, 4.69) is 26.1 Å². The molecule has 3 atom stereocenters. The first-order valence-electron chi connectivity index (χ1n) is 11.1. The van der Waals surface area contributed by atoms with Crippen molar-refractivity contribution in [2.45, 2.75) is 64.6 Å². The van der Waals surface area contributed by atoms with E-state index in [1.807, 2.05) is 0 Å². The van der Waals surface area contributed by atoms with Crippen molar-refractivity contribution in [3.05, 3.63) is 24.2 Å². The van der Waals surface area contributed by atoms with Crippen LogP contribution < -0.4 is 5.32 Å². The molecule has 32 heavy (non-hydrogen) atoms. The Morgan fingerprint density at radius 1 is 1.31 bits per heavy atom. The lowest BCUT2D eigenvalue weighted by atomic mass is 9.64. The molecule has 1 aromatic rings. The molecule has 1 aliphatic carbocycles. The molecule has 10 heteroatoms. The Morgan fingerprint density at radius 2 is 2.06 bits per heavy atom. The van der Waals surface area contributed by atoms with E-state index in [9.17, 15) is 22.8 Å². The Balaban J connectivity index is 1.54. The number of hydrogen-bond donors (Lipinski definition) is 1. The topological polar surface area (TPSA) is 117 Å². The lowest BCUT2D eigenvalue weighted by Gasteiger charge is -2.43. The van der Waals surface area contributed by atoms with Crippen LogP contribution in [-0.4, -0.2) is 65.7 Å².